The van der Waals surface area contributed by atoms with Gasteiger partial charge in [0.15, 0.2) is 5.78 Å². The number of hydrogen-bond donors (Lipinski definition) is 1. The van der Waals surface area contributed by atoms with Gasteiger partial charge in [0.1, 0.15) is 5.75 Å². The topological polar surface area (TPSA) is 98.5 Å². The first-order valence-electron chi connectivity index (χ1n) is 6.14. The summed E-state index contributed by atoms with van der Waals surface area (Å²) in [7, 11) is 0. The molecule has 1 aromatic rings. The van der Waals surface area contributed by atoms with Crippen molar-refractivity contribution in [2.24, 2.45) is 0 Å². The number of amides is 1. The van der Waals surface area contributed by atoms with Crippen molar-refractivity contribution in [1.82, 2.24) is 5.32 Å². The summed E-state index contributed by atoms with van der Waals surface area (Å²) in [5.41, 5.74) is -0.0404. The number of carbonyl (C=O) groups excluding carboxylic acids is 2. The number of non-ortho nitro benzene ring substituents is 1. The van der Waals surface area contributed by atoms with E-state index in [1.807, 2.05) is 6.92 Å². The highest BCUT2D eigenvalue weighted by molar-refractivity contribution is 5.97. The van der Waals surface area contributed by atoms with Gasteiger partial charge in [-0.15, -0.1) is 0 Å². The summed E-state index contributed by atoms with van der Waals surface area (Å²) in [6.45, 7) is 3.75. The third-order valence-electron chi connectivity index (χ3n) is 2.51. The predicted octanol–water partition coefficient (Wildman–Crippen LogP) is 1.70. The number of nitro groups is 1. The van der Waals surface area contributed by atoms with Crippen LogP contribution in [0.1, 0.15) is 30.6 Å². The fourth-order valence-corrected chi connectivity index (χ4v) is 1.57. The Balaban J connectivity index is 2.77. The van der Waals surface area contributed by atoms with E-state index in [2.05, 4.69) is 5.32 Å². The maximum atomic E-state index is 11.5. The highest BCUT2D eigenvalue weighted by atomic mass is 16.6. The van der Waals surface area contributed by atoms with E-state index in [-0.39, 0.29) is 41.7 Å². The van der Waals surface area contributed by atoms with E-state index in [1.54, 1.807) is 0 Å². The molecule has 0 spiro atoms. The number of hydrogen-bond acceptors (Lipinski definition) is 5. The summed E-state index contributed by atoms with van der Waals surface area (Å²) in [5.74, 6) is -0.243. The quantitative estimate of drug-likeness (QED) is 0.465. The molecule has 7 nitrogen and oxygen atoms in total. The molecule has 0 radical (unpaired) electrons. The molecule has 0 fully saturated rings. The van der Waals surface area contributed by atoms with Gasteiger partial charge in [-0.1, -0.05) is 0 Å². The number of benzene rings is 1. The molecule has 0 bridgehead atoms. The summed E-state index contributed by atoms with van der Waals surface area (Å²) in [6.07, 6.45) is 0.155. The third-order valence-corrected chi connectivity index (χ3v) is 2.51. The zero-order valence-electron chi connectivity index (χ0n) is 11.3. The molecule has 0 aromatic heterocycles. The lowest BCUT2D eigenvalue weighted by Crippen LogP contribution is -2.24. The van der Waals surface area contributed by atoms with Crippen LogP contribution in [0.15, 0.2) is 18.2 Å². The minimum absolute atomic E-state index is 0.101. The van der Waals surface area contributed by atoms with Crippen LogP contribution in [0.4, 0.5) is 5.69 Å². The van der Waals surface area contributed by atoms with Crippen LogP contribution in [0.2, 0.25) is 0 Å². The fraction of sp³-hybridized carbons (Fsp3) is 0.385. The molecule has 20 heavy (non-hydrogen) atoms. The molecule has 0 aliphatic rings. The van der Waals surface area contributed by atoms with Crippen molar-refractivity contribution in [3.05, 3.63) is 33.9 Å². The van der Waals surface area contributed by atoms with E-state index in [4.69, 9.17) is 4.74 Å². The summed E-state index contributed by atoms with van der Waals surface area (Å²) in [4.78, 5) is 32.8. The predicted molar refractivity (Wildman–Crippen MR) is 71.9 cm³/mol. The molecule has 0 saturated heterocycles. The van der Waals surface area contributed by atoms with Crippen LogP contribution >= 0.6 is 0 Å². The maximum Gasteiger partial charge on any atom is 0.270 e. The van der Waals surface area contributed by atoms with Crippen LogP contribution in [-0.2, 0) is 4.79 Å². The van der Waals surface area contributed by atoms with Crippen molar-refractivity contribution in [3.63, 3.8) is 0 Å². The Hall–Kier alpha value is -2.44. The Labute approximate surface area is 116 Å². The molecule has 108 valence electrons. The van der Waals surface area contributed by atoms with Gasteiger partial charge in [-0.3, -0.25) is 19.7 Å². The highest BCUT2D eigenvalue weighted by Gasteiger charge is 2.15. The van der Waals surface area contributed by atoms with Crippen LogP contribution < -0.4 is 10.1 Å². The van der Waals surface area contributed by atoms with Gasteiger partial charge in [-0.2, -0.15) is 0 Å². The molecule has 0 atom stereocenters. The summed E-state index contributed by atoms with van der Waals surface area (Å²) < 4.78 is 5.35. The SMILES string of the molecule is CCNC(=O)CCOc1ccc([N+](=O)[O-])cc1C(C)=O. The van der Waals surface area contributed by atoms with Gasteiger partial charge in [0.2, 0.25) is 5.91 Å². The lowest BCUT2D eigenvalue weighted by Gasteiger charge is -2.09. The second-order valence-corrected chi connectivity index (χ2v) is 4.05. The number of nitrogens with zero attached hydrogens (tertiary/aromatic N) is 1. The van der Waals surface area contributed by atoms with Gasteiger partial charge in [0.25, 0.3) is 5.69 Å². The maximum absolute atomic E-state index is 11.5. The highest BCUT2D eigenvalue weighted by Crippen LogP contribution is 2.24. The van der Waals surface area contributed by atoms with Crippen molar-refractivity contribution in [2.45, 2.75) is 20.3 Å². The van der Waals surface area contributed by atoms with Gasteiger partial charge >= 0.3 is 0 Å². The van der Waals surface area contributed by atoms with Crippen LogP contribution in [0.5, 0.6) is 5.75 Å². The number of carbonyl (C=O) groups is 2. The molecule has 0 saturated carbocycles. The number of nitrogens with one attached hydrogen (secondary N) is 1. The zero-order chi connectivity index (χ0) is 15.1. The Morgan fingerprint density at radius 2 is 2.10 bits per heavy atom. The molecular weight excluding hydrogens is 264 g/mol. The molecule has 0 unspecified atom stereocenters. The van der Waals surface area contributed by atoms with Crippen LogP contribution in [-0.4, -0.2) is 29.8 Å². The second-order valence-electron chi connectivity index (χ2n) is 4.05. The Bertz CT molecular complexity index is 527. The number of ether oxygens (including phenoxy) is 1. The fourth-order valence-electron chi connectivity index (χ4n) is 1.57. The Morgan fingerprint density at radius 3 is 2.65 bits per heavy atom. The molecule has 0 heterocycles. The lowest BCUT2D eigenvalue weighted by molar-refractivity contribution is -0.384. The van der Waals surface area contributed by atoms with E-state index in [1.165, 1.54) is 25.1 Å². The molecular formula is C13H16N2O5. The number of Topliss-reactive ketones (excluding diaryl/α,β-unsaturated/α-hetero) is 1. The largest absolute Gasteiger partial charge is 0.492 e. The van der Waals surface area contributed by atoms with E-state index >= 15 is 0 Å². The van der Waals surface area contributed by atoms with Crippen molar-refractivity contribution in [2.75, 3.05) is 13.2 Å². The molecule has 7 heteroatoms. The summed E-state index contributed by atoms with van der Waals surface area (Å²) in [5, 5.41) is 13.3. The van der Waals surface area contributed by atoms with E-state index in [9.17, 15) is 19.7 Å². The number of rotatable bonds is 7. The van der Waals surface area contributed by atoms with Gasteiger partial charge < -0.3 is 10.1 Å². The van der Waals surface area contributed by atoms with E-state index < -0.39 is 4.92 Å². The van der Waals surface area contributed by atoms with E-state index in [0.29, 0.717) is 6.54 Å². The first kappa shape index (κ1) is 15.6. The normalized spacial score (nSPS) is 9.90. The van der Waals surface area contributed by atoms with Crippen LogP contribution in [0, 0.1) is 10.1 Å². The average Bonchev–Trinajstić information content (AvgIpc) is 2.38. The molecule has 1 aromatic carbocycles. The Kier molecular flexibility index (Phi) is 5.64. The van der Waals surface area contributed by atoms with Gasteiger partial charge in [-0.05, 0) is 19.9 Å². The van der Waals surface area contributed by atoms with E-state index in [0.717, 1.165) is 0 Å². The molecule has 0 aliphatic carbocycles. The monoisotopic (exact) mass is 280 g/mol. The number of nitro benzene ring substituents is 1. The van der Waals surface area contributed by atoms with Gasteiger partial charge in [0.05, 0.1) is 23.5 Å². The van der Waals surface area contributed by atoms with Crippen molar-refractivity contribution < 1.29 is 19.2 Å². The molecule has 1 N–H and O–H groups in total. The van der Waals surface area contributed by atoms with Gasteiger partial charge in [0, 0.05) is 18.7 Å². The lowest BCUT2D eigenvalue weighted by atomic mass is 10.1. The Morgan fingerprint density at radius 1 is 1.40 bits per heavy atom. The number of ketones is 1. The smallest absolute Gasteiger partial charge is 0.270 e. The standard InChI is InChI=1S/C13H16N2O5/c1-3-14-13(17)6-7-20-12-5-4-10(15(18)19)8-11(12)9(2)16/h4-5,8H,3,6-7H2,1-2H3,(H,14,17). The summed E-state index contributed by atoms with van der Waals surface area (Å²) >= 11 is 0. The minimum atomic E-state index is -0.578. The molecule has 1 rings (SSSR count). The molecule has 0 aliphatic heterocycles. The van der Waals surface area contributed by atoms with Crippen molar-refractivity contribution in [1.29, 1.82) is 0 Å². The third kappa shape index (κ3) is 4.34. The zero-order valence-corrected chi connectivity index (χ0v) is 11.3. The average molecular weight is 280 g/mol. The van der Waals surface area contributed by atoms with Crippen LogP contribution in [0.25, 0.3) is 0 Å². The molecule has 1 amide bonds. The van der Waals surface area contributed by atoms with Crippen molar-refractivity contribution >= 4 is 17.4 Å². The van der Waals surface area contributed by atoms with Crippen LogP contribution in [0.3, 0.4) is 0 Å². The first-order chi connectivity index (χ1) is 9.45. The van der Waals surface area contributed by atoms with Gasteiger partial charge in [-0.25, -0.2) is 0 Å². The second kappa shape index (κ2) is 7.22. The first-order valence-corrected chi connectivity index (χ1v) is 6.14. The summed E-state index contributed by atoms with van der Waals surface area (Å²) in [6, 6.07) is 3.80. The van der Waals surface area contributed by atoms with Crippen molar-refractivity contribution in [3.8, 4) is 5.75 Å². The minimum Gasteiger partial charge on any atom is -0.492 e.